The van der Waals surface area contributed by atoms with Gasteiger partial charge in [-0.1, -0.05) is 11.6 Å². The highest BCUT2D eigenvalue weighted by Gasteiger charge is 2.31. The van der Waals surface area contributed by atoms with Gasteiger partial charge in [0.05, 0.1) is 25.3 Å². The number of hydrogen-bond acceptors (Lipinski definition) is 6. The minimum atomic E-state index is -4.54. The van der Waals surface area contributed by atoms with E-state index in [9.17, 15) is 28.1 Å². The number of pyridine rings is 1. The quantitative estimate of drug-likeness (QED) is 0.429. The third kappa shape index (κ3) is 4.82. The fourth-order valence-corrected chi connectivity index (χ4v) is 3.07. The number of halogens is 4. The van der Waals surface area contributed by atoms with Gasteiger partial charge in [-0.15, -0.1) is 11.3 Å². The fourth-order valence-electron chi connectivity index (χ4n) is 1.93. The van der Waals surface area contributed by atoms with E-state index in [1.807, 2.05) is 0 Å². The number of alkyl halides is 3. The van der Waals surface area contributed by atoms with Gasteiger partial charge in [-0.3, -0.25) is 14.9 Å². The highest BCUT2D eigenvalue weighted by molar-refractivity contribution is 7.14. The lowest BCUT2D eigenvalue weighted by atomic mass is 10.3. The molecule has 2 aromatic rings. The zero-order chi connectivity index (χ0) is 19.5. The number of nitro groups is 1. The summed E-state index contributed by atoms with van der Waals surface area (Å²) in [4.78, 5) is 26.4. The van der Waals surface area contributed by atoms with E-state index in [1.165, 1.54) is 6.07 Å². The summed E-state index contributed by atoms with van der Waals surface area (Å²) in [5.41, 5.74) is -1.09. The van der Waals surface area contributed by atoms with Crippen molar-refractivity contribution < 1.29 is 22.9 Å². The van der Waals surface area contributed by atoms with Crippen molar-refractivity contribution in [3.63, 3.8) is 0 Å². The van der Waals surface area contributed by atoms with Gasteiger partial charge in [0.1, 0.15) is 5.82 Å². The van der Waals surface area contributed by atoms with Gasteiger partial charge < -0.3 is 10.6 Å². The Balaban J connectivity index is 1.88. The molecule has 2 heterocycles. The first kappa shape index (κ1) is 19.9. The van der Waals surface area contributed by atoms with Crippen LogP contribution < -0.4 is 10.6 Å². The van der Waals surface area contributed by atoms with Crippen LogP contribution >= 0.6 is 22.9 Å². The third-order valence-corrected chi connectivity index (χ3v) is 4.51. The van der Waals surface area contributed by atoms with Crippen molar-refractivity contribution >= 4 is 40.4 Å². The predicted molar refractivity (Wildman–Crippen MR) is 90.8 cm³/mol. The summed E-state index contributed by atoms with van der Waals surface area (Å²) in [6, 6.07) is 1.94. The molecular weight excluding hydrogens is 397 g/mol. The molecule has 0 saturated carbocycles. The van der Waals surface area contributed by atoms with E-state index in [2.05, 4.69) is 15.6 Å². The van der Waals surface area contributed by atoms with E-state index >= 15 is 0 Å². The second kappa shape index (κ2) is 7.87. The van der Waals surface area contributed by atoms with Crippen molar-refractivity contribution in [1.82, 2.24) is 10.3 Å². The Morgan fingerprint density at radius 2 is 2.08 bits per heavy atom. The van der Waals surface area contributed by atoms with Crippen LogP contribution in [0, 0.1) is 17.0 Å². The van der Waals surface area contributed by atoms with Crippen molar-refractivity contribution in [2.75, 3.05) is 18.4 Å². The van der Waals surface area contributed by atoms with Gasteiger partial charge in [-0.25, -0.2) is 4.98 Å². The Morgan fingerprint density at radius 3 is 2.62 bits per heavy atom. The molecule has 0 spiro atoms. The summed E-state index contributed by atoms with van der Waals surface area (Å²) in [6.07, 6.45) is -3.88. The van der Waals surface area contributed by atoms with Crippen LogP contribution in [0.2, 0.25) is 5.02 Å². The summed E-state index contributed by atoms with van der Waals surface area (Å²) < 4.78 is 37.6. The lowest BCUT2D eigenvalue weighted by molar-refractivity contribution is -0.385. The minimum Gasteiger partial charge on any atom is -0.367 e. The van der Waals surface area contributed by atoms with Gasteiger partial charge in [0.15, 0.2) is 0 Å². The Bertz CT molecular complexity index is 841. The first-order valence-corrected chi connectivity index (χ1v) is 8.28. The number of aromatic nitrogens is 1. The lowest BCUT2D eigenvalue weighted by Gasteiger charge is -2.11. The molecule has 140 valence electrons. The monoisotopic (exact) mass is 408 g/mol. The largest absolute Gasteiger partial charge is 0.417 e. The Kier molecular flexibility index (Phi) is 6.03. The molecule has 0 unspecified atom stereocenters. The van der Waals surface area contributed by atoms with Crippen LogP contribution in [0.25, 0.3) is 0 Å². The van der Waals surface area contributed by atoms with Crippen molar-refractivity contribution in [3.05, 3.63) is 48.8 Å². The van der Waals surface area contributed by atoms with Crippen LogP contribution in [-0.2, 0) is 6.18 Å². The molecular formula is C14H12ClF3N4O3S. The first-order chi connectivity index (χ1) is 12.1. The molecule has 0 radical (unpaired) electrons. The van der Waals surface area contributed by atoms with E-state index in [0.717, 1.165) is 17.4 Å². The van der Waals surface area contributed by atoms with Gasteiger partial charge in [0.2, 0.25) is 0 Å². The van der Waals surface area contributed by atoms with Crippen molar-refractivity contribution in [1.29, 1.82) is 0 Å². The molecule has 0 aliphatic carbocycles. The predicted octanol–water partition coefficient (Wildman–Crippen LogP) is 3.87. The molecule has 0 aliphatic rings. The van der Waals surface area contributed by atoms with Crippen LogP contribution in [0.5, 0.6) is 0 Å². The standard InChI is InChI=1S/C14H12ClF3N4O3S/c1-7-10(22(24)25)5-11(26-7)13(23)20-3-2-19-12-9(15)4-8(6-21-12)14(16,17)18/h4-6H,2-3H2,1H3,(H,19,21)(H,20,23). The second-order valence-corrected chi connectivity index (χ2v) is 6.71. The topological polar surface area (TPSA) is 97.2 Å². The summed E-state index contributed by atoms with van der Waals surface area (Å²) in [7, 11) is 0. The van der Waals surface area contributed by atoms with Crippen molar-refractivity contribution in [2.24, 2.45) is 0 Å². The SMILES string of the molecule is Cc1sc(C(=O)NCCNc2ncc(C(F)(F)F)cc2Cl)cc1[N+](=O)[O-]. The molecule has 2 rings (SSSR count). The number of thiophene rings is 1. The fraction of sp³-hybridized carbons (Fsp3) is 0.286. The molecule has 2 aromatic heterocycles. The average Bonchev–Trinajstić information content (AvgIpc) is 2.93. The first-order valence-electron chi connectivity index (χ1n) is 7.09. The number of carbonyl (C=O) groups excluding carboxylic acids is 1. The Hall–Kier alpha value is -2.40. The lowest BCUT2D eigenvalue weighted by Crippen LogP contribution is -2.28. The number of aryl methyl sites for hydroxylation is 1. The number of nitrogens with zero attached hydrogens (tertiary/aromatic N) is 2. The number of rotatable bonds is 6. The molecule has 2 N–H and O–H groups in total. The maximum atomic E-state index is 12.5. The molecule has 1 amide bonds. The van der Waals surface area contributed by atoms with Gasteiger partial charge in [-0.2, -0.15) is 13.2 Å². The highest BCUT2D eigenvalue weighted by atomic mass is 35.5. The molecule has 7 nitrogen and oxygen atoms in total. The van der Waals surface area contributed by atoms with E-state index < -0.39 is 22.6 Å². The molecule has 26 heavy (non-hydrogen) atoms. The number of nitrogens with one attached hydrogen (secondary N) is 2. The van der Waals surface area contributed by atoms with Crippen LogP contribution in [0.15, 0.2) is 18.3 Å². The van der Waals surface area contributed by atoms with Crippen LogP contribution in [-0.4, -0.2) is 28.9 Å². The zero-order valence-electron chi connectivity index (χ0n) is 13.2. The van der Waals surface area contributed by atoms with Gasteiger partial charge in [0.25, 0.3) is 11.6 Å². The van der Waals surface area contributed by atoms with E-state index in [0.29, 0.717) is 11.1 Å². The maximum Gasteiger partial charge on any atom is 0.417 e. The summed E-state index contributed by atoms with van der Waals surface area (Å²) in [5, 5.41) is 15.8. The van der Waals surface area contributed by atoms with E-state index in [4.69, 9.17) is 11.6 Å². The Morgan fingerprint density at radius 1 is 1.38 bits per heavy atom. The van der Waals surface area contributed by atoms with E-state index in [1.54, 1.807) is 6.92 Å². The average molecular weight is 409 g/mol. The number of anilines is 1. The molecule has 0 atom stereocenters. The van der Waals surface area contributed by atoms with E-state index in [-0.39, 0.29) is 34.5 Å². The zero-order valence-corrected chi connectivity index (χ0v) is 14.8. The van der Waals surface area contributed by atoms with Crippen LogP contribution in [0.4, 0.5) is 24.7 Å². The summed E-state index contributed by atoms with van der Waals surface area (Å²) in [6.45, 7) is 1.80. The molecule has 0 saturated heterocycles. The molecule has 12 heteroatoms. The van der Waals surface area contributed by atoms with Gasteiger partial charge >= 0.3 is 6.18 Å². The summed E-state index contributed by atoms with van der Waals surface area (Å²) >= 11 is 6.75. The smallest absolute Gasteiger partial charge is 0.367 e. The number of hydrogen-bond donors (Lipinski definition) is 2. The highest BCUT2D eigenvalue weighted by Crippen LogP contribution is 2.32. The third-order valence-electron chi connectivity index (χ3n) is 3.18. The molecule has 0 aliphatic heterocycles. The van der Waals surface area contributed by atoms with Gasteiger partial charge in [-0.05, 0) is 13.0 Å². The number of carbonyl (C=O) groups is 1. The normalized spacial score (nSPS) is 11.3. The minimum absolute atomic E-state index is 0.0523. The van der Waals surface area contributed by atoms with Crippen molar-refractivity contribution in [2.45, 2.75) is 13.1 Å². The summed E-state index contributed by atoms with van der Waals surface area (Å²) in [5.74, 6) is -0.434. The van der Waals surface area contributed by atoms with Crippen LogP contribution in [0.3, 0.4) is 0 Å². The molecule has 0 aromatic carbocycles. The molecule has 0 fully saturated rings. The van der Waals surface area contributed by atoms with Crippen LogP contribution in [0.1, 0.15) is 20.1 Å². The Labute approximate surface area is 154 Å². The second-order valence-electron chi connectivity index (χ2n) is 5.04. The molecule has 0 bridgehead atoms. The maximum absolute atomic E-state index is 12.5. The number of amides is 1. The van der Waals surface area contributed by atoms with Gasteiger partial charge in [0, 0.05) is 25.4 Å². The van der Waals surface area contributed by atoms with Crippen molar-refractivity contribution in [3.8, 4) is 0 Å².